The van der Waals surface area contributed by atoms with Crippen LogP contribution in [0.3, 0.4) is 0 Å². The number of carbonyl (C=O) groups excluding carboxylic acids is 3. The molecule has 0 fully saturated rings. The Morgan fingerprint density at radius 1 is 1.00 bits per heavy atom. The molecule has 0 aliphatic heterocycles. The van der Waals surface area contributed by atoms with Crippen LogP contribution in [0.1, 0.15) is 61.7 Å². The molecule has 1 unspecified atom stereocenters. The van der Waals surface area contributed by atoms with Crippen molar-refractivity contribution < 1.29 is 39.9 Å². The summed E-state index contributed by atoms with van der Waals surface area (Å²) in [5, 5.41) is 58.8. The van der Waals surface area contributed by atoms with E-state index in [1.807, 2.05) is 31.2 Å². The van der Waals surface area contributed by atoms with Crippen molar-refractivity contribution >= 4 is 29.0 Å². The summed E-state index contributed by atoms with van der Waals surface area (Å²) in [5.74, 6) is -6.65. The van der Waals surface area contributed by atoms with E-state index < -0.39 is 74.4 Å². The number of aryl methyl sites for hydroxylation is 1. The Morgan fingerprint density at radius 3 is 2.17 bits per heavy atom. The molecular formula is C33H34O8. The number of aliphatic hydroxyl groups excluding tert-OH is 3. The zero-order valence-electron chi connectivity index (χ0n) is 23.8. The highest BCUT2D eigenvalue weighted by Gasteiger charge is 2.75. The summed E-state index contributed by atoms with van der Waals surface area (Å²) in [6.07, 6.45) is -0.00539. The Balaban J connectivity index is 1.96. The second-order valence-electron chi connectivity index (χ2n) is 12.2. The molecule has 0 bridgehead atoms. The van der Waals surface area contributed by atoms with Crippen molar-refractivity contribution in [2.24, 2.45) is 22.7 Å². The van der Waals surface area contributed by atoms with Gasteiger partial charge >= 0.3 is 0 Å². The van der Waals surface area contributed by atoms with Crippen LogP contribution < -0.4 is 0 Å². The maximum atomic E-state index is 14.1. The maximum Gasteiger partial charge on any atom is 0.209 e. The third-order valence-corrected chi connectivity index (χ3v) is 9.50. The zero-order chi connectivity index (χ0) is 30.4. The minimum absolute atomic E-state index is 0.155. The molecule has 8 nitrogen and oxygen atoms in total. The minimum atomic E-state index is -2.93. The van der Waals surface area contributed by atoms with E-state index in [2.05, 4.69) is 0 Å². The summed E-state index contributed by atoms with van der Waals surface area (Å²) < 4.78 is 0. The molecular weight excluding hydrogens is 524 g/mol. The highest BCUT2D eigenvalue weighted by molar-refractivity contribution is 6.26. The number of carbonyl (C=O) groups is 3. The maximum absolute atomic E-state index is 14.1. The quantitative estimate of drug-likeness (QED) is 0.342. The Morgan fingerprint density at radius 2 is 1.61 bits per heavy atom. The summed E-state index contributed by atoms with van der Waals surface area (Å²) in [5.41, 5.74) is -5.57. The molecule has 3 aliphatic carbocycles. The van der Waals surface area contributed by atoms with Crippen LogP contribution in [-0.2, 0) is 9.59 Å². The number of hydrogen-bond acceptors (Lipinski definition) is 8. The zero-order valence-corrected chi connectivity index (χ0v) is 23.8. The molecule has 2 aromatic carbocycles. The van der Waals surface area contributed by atoms with Gasteiger partial charge < -0.3 is 25.5 Å². The van der Waals surface area contributed by atoms with Crippen LogP contribution in [0.5, 0.6) is 5.75 Å². The fourth-order valence-electron chi connectivity index (χ4n) is 7.54. The third-order valence-electron chi connectivity index (χ3n) is 9.50. The molecule has 0 spiro atoms. The standard InChI is InChI=1S/C33H34O8/c1-15(2)24-26(36)22(17(4)34)28(38)33(41)29(39)25-27(37)23-19(8-7-9-21(23)35)20(14-18-12-10-16(3)11-13-18)31(25,5)30(40)32(24,33)6/h7-15,24,30,35-36,39-41H,1-6H3/b20-14+/t24?,30-,31+,32+,33+/m1/s1. The van der Waals surface area contributed by atoms with Gasteiger partial charge in [-0.3, -0.25) is 14.4 Å². The van der Waals surface area contributed by atoms with Crippen molar-refractivity contribution in [1.82, 2.24) is 0 Å². The first-order chi connectivity index (χ1) is 19.1. The lowest BCUT2D eigenvalue weighted by Gasteiger charge is -2.62. The van der Waals surface area contributed by atoms with Crippen LogP contribution in [0.4, 0.5) is 0 Å². The Kier molecular flexibility index (Phi) is 6.26. The van der Waals surface area contributed by atoms with Crippen molar-refractivity contribution in [2.75, 3.05) is 0 Å². The largest absolute Gasteiger partial charge is 0.511 e. The van der Waals surface area contributed by atoms with Crippen LogP contribution in [0.2, 0.25) is 0 Å². The molecule has 5 N–H and O–H groups in total. The summed E-state index contributed by atoms with van der Waals surface area (Å²) in [6.45, 7) is 9.32. The minimum Gasteiger partial charge on any atom is -0.511 e. The van der Waals surface area contributed by atoms with Crippen molar-refractivity contribution in [3.05, 3.63) is 87.4 Å². The van der Waals surface area contributed by atoms with Gasteiger partial charge in [-0.15, -0.1) is 0 Å². The first-order valence-electron chi connectivity index (χ1n) is 13.6. The lowest BCUT2D eigenvalue weighted by atomic mass is 9.42. The summed E-state index contributed by atoms with van der Waals surface area (Å²) >= 11 is 0. The summed E-state index contributed by atoms with van der Waals surface area (Å²) in [7, 11) is 0. The Labute approximate surface area is 238 Å². The smallest absolute Gasteiger partial charge is 0.209 e. The number of aromatic hydroxyl groups is 1. The van der Waals surface area contributed by atoms with E-state index in [4.69, 9.17) is 0 Å². The molecule has 0 saturated carbocycles. The van der Waals surface area contributed by atoms with Gasteiger partial charge in [-0.1, -0.05) is 68.8 Å². The predicted molar refractivity (Wildman–Crippen MR) is 152 cm³/mol. The highest BCUT2D eigenvalue weighted by atomic mass is 16.4. The second-order valence-corrected chi connectivity index (χ2v) is 12.2. The molecule has 3 aliphatic rings. The van der Waals surface area contributed by atoms with Crippen LogP contribution in [0.15, 0.2) is 65.1 Å². The van der Waals surface area contributed by atoms with E-state index in [0.717, 1.165) is 12.5 Å². The molecule has 0 aromatic heterocycles. The molecule has 41 heavy (non-hydrogen) atoms. The molecule has 0 radical (unpaired) electrons. The second kappa shape index (κ2) is 8.99. The molecule has 0 heterocycles. The predicted octanol–water partition coefficient (Wildman–Crippen LogP) is 4.62. The number of Topliss-reactive ketones (excluding diaryl/α,β-unsaturated/α-hetero) is 3. The average molecular weight is 559 g/mol. The number of allylic oxidation sites excluding steroid dienone is 1. The first kappa shape index (κ1) is 28.5. The highest BCUT2D eigenvalue weighted by Crippen LogP contribution is 2.67. The van der Waals surface area contributed by atoms with Crippen LogP contribution in [0, 0.1) is 29.6 Å². The summed E-state index contributed by atoms with van der Waals surface area (Å²) in [4.78, 5) is 40.6. The van der Waals surface area contributed by atoms with Gasteiger partial charge in [0.15, 0.2) is 17.2 Å². The van der Waals surface area contributed by atoms with Gasteiger partial charge in [0.2, 0.25) is 5.78 Å². The Bertz CT molecular complexity index is 1620. The average Bonchev–Trinajstić information content (AvgIpc) is 2.89. The fraction of sp³-hybridized carbons (Fsp3) is 0.364. The van der Waals surface area contributed by atoms with Crippen molar-refractivity contribution in [2.45, 2.75) is 53.2 Å². The van der Waals surface area contributed by atoms with Gasteiger partial charge in [0.25, 0.3) is 0 Å². The van der Waals surface area contributed by atoms with E-state index in [-0.39, 0.29) is 11.3 Å². The van der Waals surface area contributed by atoms with E-state index >= 15 is 0 Å². The molecule has 5 atom stereocenters. The SMILES string of the molecule is CC(=O)C1=C(O)C(C(C)C)[C@@]2(C)[C@H](O)[C@]3(C)C(=C(O)[C@@]2(O)C1=O)C(=O)c1c(O)cccc1/C3=C\c1ccc(C)cc1. The number of phenols is 1. The van der Waals surface area contributed by atoms with Crippen LogP contribution >= 0.6 is 0 Å². The van der Waals surface area contributed by atoms with Gasteiger partial charge in [0, 0.05) is 11.3 Å². The lowest BCUT2D eigenvalue weighted by Crippen LogP contribution is -2.73. The molecule has 5 rings (SSSR count). The third kappa shape index (κ3) is 3.38. The molecule has 0 saturated heterocycles. The van der Waals surface area contributed by atoms with Gasteiger partial charge in [-0.05, 0) is 49.5 Å². The van der Waals surface area contributed by atoms with E-state index in [9.17, 15) is 39.9 Å². The van der Waals surface area contributed by atoms with Crippen molar-refractivity contribution in [3.63, 3.8) is 0 Å². The number of aliphatic hydroxyl groups is 4. The van der Waals surface area contributed by atoms with Gasteiger partial charge in [-0.25, -0.2) is 0 Å². The Hall–Kier alpha value is -4.01. The molecule has 0 amide bonds. The number of fused-ring (bicyclic) bond motifs is 3. The molecule has 2 aromatic rings. The van der Waals surface area contributed by atoms with E-state index in [0.29, 0.717) is 16.7 Å². The molecule has 214 valence electrons. The number of benzene rings is 2. The van der Waals surface area contributed by atoms with Gasteiger partial charge in [0.05, 0.1) is 22.7 Å². The number of rotatable bonds is 3. The topological polar surface area (TPSA) is 152 Å². The first-order valence-corrected chi connectivity index (χ1v) is 13.6. The van der Waals surface area contributed by atoms with Crippen molar-refractivity contribution in [3.8, 4) is 5.75 Å². The molecule has 8 heteroatoms. The normalized spacial score (nSPS) is 32.3. The number of hydrogen-bond donors (Lipinski definition) is 5. The summed E-state index contributed by atoms with van der Waals surface area (Å²) in [6, 6.07) is 12.0. The van der Waals surface area contributed by atoms with E-state index in [1.165, 1.54) is 13.0 Å². The van der Waals surface area contributed by atoms with Gasteiger partial charge in [-0.2, -0.15) is 0 Å². The lowest BCUT2D eigenvalue weighted by molar-refractivity contribution is -0.202. The number of ketones is 3. The number of phenolic OH excluding ortho intramolecular Hbond substituents is 1. The fourth-order valence-corrected chi connectivity index (χ4v) is 7.54. The van der Waals surface area contributed by atoms with Crippen LogP contribution in [0.25, 0.3) is 11.6 Å². The van der Waals surface area contributed by atoms with E-state index in [1.54, 1.807) is 39.0 Å². The van der Waals surface area contributed by atoms with Gasteiger partial charge in [0.1, 0.15) is 22.8 Å². The van der Waals surface area contributed by atoms with Crippen molar-refractivity contribution in [1.29, 1.82) is 0 Å². The van der Waals surface area contributed by atoms with Crippen LogP contribution in [-0.4, -0.2) is 54.6 Å². The monoisotopic (exact) mass is 558 g/mol.